The Labute approximate surface area is 182 Å². The van der Waals surface area contributed by atoms with Gasteiger partial charge in [-0.3, -0.25) is 4.79 Å². The van der Waals surface area contributed by atoms with Gasteiger partial charge < -0.3 is 19.5 Å². The number of aromatic nitrogens is 1. The molecule has 1 fully saturated rings. The van der Waals surface area contributed by atoms with Gasteiger partial charge in [-0.2, -0.15) is 4.31 Å². The van der Waals surface area contributed by atoms with Crippen LogP contribution in [-0.2, 0) is 17.1 Å². The number of para-hydroxylation sites is 1. The fourth-order valence-corrected chi connectivity index (χ4v) is 5.28. The topological polar surface area (TPSA) is 83.9 Å². The first-order valence-electron chi connectivity index (χ1n) is 10.0. The van der Waals surface area contributed by atoms with Crippen molar-refractivity contribution < 1.29 is 17.9 Å². The molecule has 1 saturated heterocycles. The molecule has 8 nitrogen and oxygen atoms in total. The Morgan fingerprint density at radius 1 is 1.03 bits per heavy atom. The molecule has 3 aromatic rings. The third-order valence-electron chi connectivity index (χ3n) is 5.66. The monoisotopic (exact) mass is 442 g/mol. The van der Waals surface area contributed by atoms with Crippen LogP contribution in [0.2, 0.25) is 0 Å². The van der Waals surface area contributed by atoms with Crippen molar-refractivity contribution in [1.29, 1.82) is 0 Å². The number of benzene rings is 2. The summed E-state index contributed by atoms with van der Waals surface area (Å²) in [6.45, 7) is 2.23. The Kier molecular flexibility index (Phi) is 5.74. The molecule has 0 bridgehead atoms. The summed E-state index contributed by atoms with van der Waals surface area (Å²) in [6, 6.07) is 12.2. The average molecular weight is 443 g/mol. The molecule has 0 aliphatic carbocycles. The van der Waals surface area contributed by atoms with Crippen LogP contribution in [0.5, 0.6) is 5.75 Å². The first kappa shape index (κ1) is 21.4. The Hall–Kier alpha value is -2.88. The van der Waals surface area contributed by atoms with Crippen molar-refractivity contribution in [1.82, 2.24) is 13.8 Å². The van der Waals surface area contributed by atoms with E-state index in [2.05, 4.69) is 10.2 Å². The van der Waals surface area contributed by atoms with Crippen molar-refractivity contribution in [3.05, 3.63) is 54.2 Å². The first-order chi connectivity index (χ1) is 14.8. The van der Waals surface area contributed by atoms with E-state index in [0.717, 1.165) is 10.9 Å². The van der Waals surface area contributed by atoms with Crippen molar-refractivity contribution in [2.24, 2.45) is 7.05 Å². The van der Waals surface area contributed by atoms with Gasteiger partial charge in [-0.15, -0.1) is 0 Å². The molecule has 0 unspecified atom stereocenters. The lowest BCUT2D eigenvalue weighted by molar-refractivity contribution is 0.102. The lowest BCUT2D eigenvalue weighted by Gasteiger charge is -2.31. The normalized spacial score (nSPS) is 15.8. The molecule has 0 radical (unpaired) electrons. The van der Waals surface area contributed by atoms with Crippen molar-refractivity contribution in [2.75, 3.05) is 45.7 Å². The van der Waals surface area contributed by atoms with Gasteiger partial charge in [0.05, 0.1) is 23.3 Å². The minimum atomic E-state index is -3.67. The van der Waals surface area contributed by atoms with Crippen LogP contribution >= 0.6 is 0 Å². The predicted molar refractivity (Wildman–Crippen MR) is 120 cm³/mol. The van der Waals surface area contributed by atoms with Crippen molar-refractivity contribution in [3.63, 3.8) is 0 Å². The molecule has 1 aliphatic heterocycles. The predicted octanol–water partition coefficient (Wildman–Crippen LogP) is 2.38. The molecule has 1 N–H and O–H groups in total. The number of nitrogens with zero attached hydrogens (tertiary/aromatic N) is 3. The van der Waals surface area contributed by atoms with Gasteiger partial charge in [0.25, 0.3) is 5.91 Å². The van der Waals surface area contributed by atoms with E-state index >= 15 is 0 Å². The zero-order valence-electron chi connectivity index (χ0n) is 17.8. The minimum Gasteiger partial charge on any atom is -0.495 e. The fraction of sp³-hybridized carbons (Fsp3) is 0.318. The van der Waals surface area contributed by atoms with Crippen molar-refractivity contribution in [2.45, 2.75) is 4.90 Å². The zero-order valence-corrected chi connectivity index (χ0v) is 18.6. The van der Waals surface area contributed by atoms with Gasteiger partial charge in [0.1, 0.15) is 5.75 Å². The summed E-state index contributed by atoms with van der Waals surface area (Å²) in [5.41, 5.74) is 1.76. The Morgan fingerprint density at radius 2 is 1.74 bits per heavy atom. The Morgan fingerprint density at radius 3 is 2.45 bits per heavy atom. The minimum absolute atomic E-state index is 0.131. The van der Waals surface area contributed by atoms with Crippen LogP contribution in [0.3, 0.4) is 0 Å². The van der Waals surface area contributed by atoms with Crippen LogP contribution < -0.4 is 10.1 Å². The second-order valence-electron chi connectivity index (χ2n) is 7.69. The van der Waals surface area contributed by atoms with Gasteiger partial charge in [-0.1, -0.05) is 18.2 Å². The molecule has 0 saturated carbocycles. The number of likely N-dealkylation sites (N-methyl/N-ethyl adjacent to an activating group) is 1. The molecule has 9 heteroatoms. The summed E-state index contributed by atoms with van der Waals surface area (Å²) in [7, 11) is 1.66. The van der Waals surface area contributed by atoms with E-state index in [1.165, 1.54) is 23.5 Å². The third kappa shape index (κ3) is 4.04. The number of methoxy groups -OCH3 is 1. The smallest absolute Gasteiger partial charge is 0.257 e. The molecular weight excluding hydrogens is 416 g/mol. The molecule has 31 heavy (non-hydrogen) atoms. The van der Waals surface area contributed by atoms with Gasteiger partial charge in [0.15, 0.2) is 0 Å². The molecular formula is C22H26N4O4S. The summed E-state index contributed by atoms with van der Waals surface area (Å²) < 4.78 is 35.0. The van der Waals surface area contributed by atoms with Gasteiger partial charge in [-0.25, -0.2) is 8.42 Å². The number of anilines is 1. The van der Waals surface area contributed by atoms with Gasteiger partial charge in [-0.05, 0) is 31.3 Å². The van der Waals surface area contributed by atoms with E-state index in [-0.39, 0.29) is 10.8 Å². The summed E-state index contributed by atoms with van der Waals surface area (Å²) in [4.78, 5) is 15.3. The van der Waals surface area contributed by atoms with Crippen molar-refractivity contribution in [3.8, 4) is 5.75 Å². The maximum atomic E-state index is 13.1. The molecule has 0 atom stereocenters. The Balaban J connectivity index is 1.66. The van der Waals surface area contributed by atoms with Crippen LogP contribution in [-0.4, -0.2) is 68.4 Å². The highest BCUT2D eigenvalue weighted by molar-refractivity contribution is 7.89. The van der Waals surface area contributed by atoms with Gasteiger partial charge >= 0.3 is 0 Å². The Bertz CT molecular complexity index is 1230. The number of hydrogen-bond acceptors (Lipinski definition) is 5. The van der Waals surface area contributed by atoms with Crippen LogP contribution in [0.25, 0.3) is 10.9 Å². The second-order valence-corrected chi connectivity index (χ2v) is 9.63. The number of hydrogen-bond donors (Lipinski definition) is 1. The van der Waals surface area contributed by atoms with Crippen LogP contribution in [0.1, 0.15) is 10.4 Å². The molecule has 164 valence electrons. The van der Waals surface area contributed by atoms with Crippen LogP contribution in [0.4, 0.5) is 5.69 Å². The number of fused-ring (bicyclic) bond motifs is 1. The maximum Gasteiger partial charge on any atom is 0.257 e. The number of sulfonamides is 1. The molecule has 1 amide bonds. The van der Waals surface area contributed by atoms with E-state index in [9.17, 15) is 13.2 Å². The standard InChI is InChI=1S/C22H26N4O4S/c1-24-10-12-26(13-11-24)31(28,29)16-8-9-21(30-3)19(14-16)23-22(27)18-15-25(2)20-7-5-4-6-17(18)20/h4-9,14-15H,10-13H2,1-3H3,(H,23,27). The second kappa shape index (κ2) is 8.33. The number of amides is 1. The van der Waals surface area contributed by atoms with E-state index in [4.69, 9.17) is 4.74 Å². The number of carbonyl (C=O) groups is 1. The van der Waals surface area contributed by atoms with Crippen molar-refractivity contribution >= 4 is 32.5 Å². The number of aryl methyl sites for hydroxylation is 1. The quantitative estimate of drug-likeness (QED) is 0.656. The number of carbonyl (C=O) groups excluding carboxylic acids is 1. The highest BCUT2D eigenvalue weighted by atomic mass is 32.2. The van der Waals surface area contributed by atoms with Gasteiger partial charge in [0.2, 0.25) is 10.0 Å². The van der Waals surface area contributed by atoms with Crippen LogP contribution in [0.15, 0.2) is 53.6 Å². The number of nitrogens with one attached hydrogen (secondary N) is 1. The van der Waals surface area contributed by atoms with E-state index in [0.29, 0.717) is 43.2 Å². The lowest BCUT2D eigenvalue weighted by atomic mass is 10.1. The molecule has 2 heterocycles. The summed E-state index contributed by atoms with van der Waals surface area (Å²) in [5, 5.41) is 3.66. The number of piperazine rings is 1. The maximum absolute atomic E-state index is 13.1. The van der Waals surface area contributed by atoms with E-state index in [1.807, 2.05) is 42.9 Å². The average Bonchev–Trinajstić information content (AvgIpc) is 3.11. The van der Waals surface area contributed by atoms with E-state index in [1.54, 1.807) is 12.3 Å². The largest absolute Gasteiger partial charge is 0.495 e. The molecule has 1 aliphatic rings. The van der Waals surface area contributed by atoms with E-state index < -0.39 is 10.0 Å². The lowest BCUT2D eigenvalue weighted by Crippen LogP contribution is -2.47. The summed E-state index contributed by atoms with van der Waals surface area (Å²) in [5.74, 6) is 0.0650. The molecule has 0 spiro atoms. The number of rotatable bonds is 5. The third-order valence-corrected chi connectivity index (χ3v) is 7.56. The van der Waals surface area contributed by atoms with Crippen LogP contribution in [0, 0.1) is 0 Å². The zero-order chi connectivity index (χ0) is 22.2. The number of ether oxygens (including phenoxy) is 1. The first-order valence-corrected chi connectivity index (χ1v) is 11.5. The SMILES string of the molecule is COc1ccc(S(=O)(=O)N2CCN(C)CC2)cc1NC(=O)c1cn(C)c2ccccc12. The fourth-order valence-electron chi connectivity index (χ4n) is 3.84. The molecule has 4 rings (SSSR count). The summed E-state index contributed by atoms with van der Waals surface area (Å²) in [6.07, 6.45) is 1.76. The highest BCUT2D eigenvalue weighted by Crippen LogP contribution is 2.30. The summed E-state index contributed by atoms with van der Waals surface area (Å²) >= 11 is 0. The highest BCUT2D eigenvalue weighted by Gasteiger charge is 2.28. The van der Waals surface area contributed by atoms with Gasteiger partial charge in [0, 0.05) is 50.3 Å². The molecule has 1 aromatic heterocycles. The molecule has 2 aromatic carbocycles.